The van der Waals surface area contributed by atoms with Crippen molar-refractivity contribution in [3.63, 3.8) is 0 Å². The molecule has 0 fully saturated rings. The third-order valence-electron chi connectivity index (χ3n) is 5.66. The van der Waals surface area contributed by atoms with Crippen LogP contribution in [0.1, 0.15) is 155 Å². The molecule has 1 nitrogen and oxygen atoms in total. The van der Waals surface area contributed by atoms with Gasteiger partial charge in [-0.2, -0.15) is 0 Å². The Bertz CT molecular complexity index is 214. The van der Waals surface area contributed by atoms with Crippen LogP contribution in [0.5, 0.6) is 0 Å². The highest BCUT2D eigenvalue weighted by molar-refractivity contribution is 4.54. The van der Waals surface area contributed by atoms with Crippen molar-refractivity contribution in [2.75, 3.05) is 6.61 Å². The van der Waals surface area contributed by atoms with Crippen LogP contribution in [0, 0.1) is 6.61 Å². The molecule has 0 N–H and O–H groups in total. The van der Waals surface area contributed by atoms with Gasteiger partial charge in [0, 0.05) is 6.61 Å². The normalized spacial score (nSPS) is 11.3. The van der Waals surface area contributed by atoms with Crippen molar-refractivity contribution in [1.82, 2.24) is 0 Å². The van der Waals surface area contributed by atoms with E-state index in [0.29, 0.717) is 0 Å². The molecule has 0 unspecified atom stereocenters. The van der Waals surface area contributed by atoms with Crippen molar-refractivity contribution >= 4 is 0 Å². The van der Waals surface area contributed by atoms with Crippen molar-refractivity contribution in [3.05, 3.63) is 6.61 Å². The summed E-state index contributed by atoms with van der Waals surface area (Å²) in [6.07, 6.45) is 30.8. The first-order chi connectivity index (χ1) is 13.4. The van der Waals surface area contributed by atoms with Gasteiger partial charge in [0.25, 0.3) is 0 Å². The average Bonchev–Trinajstić information content (AvgIpc) is 2.68. The molecular weight excluding hydrogens is 328 g/mol. The molecule has 0 saturated carbocycles. The van der Waals surface area contributed by atoms with Gasteiger partial charge < -0.3 is 4.74 Å². The molecule has 0 amide bonds. The van der Waals surface area contributed by atoms with Gasteiger partial charge in [-0.25, -0.2) is 0 Å². The summed E-state index contributed by atoms with van der Waals surface area (Å²) in [5.74, 6) is 0. The summed E-state index contributed by atoms with van der Waals surface area (Å²) in [4.78, 5) is 0. The van der Waals surface area contributed by atoms with Crippen LogP contribution in [0.2, 0.25) is 0 Å². The summed E-state index contributed by atoms with van der Waals surface area (Å²) in [6, 6.07) is 0. The van der Waals surface area contributed by atoms with E-state index in [9.17, 15) is 0 Å². The first-order valence-corrected chi connectivity index (χ1v) is 12.8. The minimum atomic E-state index is 0.935. The lowest BCUT2D eigenvalue weighted by Gasteiger charge is -2.05. The van der Waals surface area contributed by atoms with Crippen molar-refractivity contribution in [2.24, 2.45) is 0 Å². The van der Waals surface area contributed by atoms with E-state index < -0.39 is 0 Å². The number of hydrogen-bond donors (Lipinski definition) is 0. The molecule has 0 rings (SSSR count). The van der Waals surface area contributed by atoms with E-state index in [2.05, 4.69) is 20.5 Å². The van der Waals surface area contributed by atoms with E-state index in [1.807, 2.05) is 0 Å². The molecule has 0 spiro atoms. The van der Waals surface area contributed by atoms with Gasteiger partial charge in [0.15, 0.2) is 0 Å². The fraction of sp³-hybridized carbons (Fsp3) is 0.962. The second kappa shape index (κ2) is 26.0. The summed E-state index contributed by atoms with van der Waals surface area (Å²) >= 11 is 0. The smallest absolute Gasteiger partial charge is 0.0836 e. The molecule has 0 saturated heterocycles. The zero-order valence-corrected chi connectivity index (χ0v) is 19.2. The summed E-state index contributed by atoms with van der Waals surface area (Å²) in [5.41, 5.74) is 0. The fourth-order valence-corrected chi connectivity index (χ4v) is 3.73. The van der Waals surface area contributed by atoms with E-state index in [4.69, 9.17) is 4.74 Å². The first-order valence-electron chi connectivity index (χ1n) is 12.8. The van der Waals surface area contributed by atoms with Gasteiger partial charge in [-0.3, -0.25) is 0 Å². The fourth-order valence-electron chi connectivity index (χ4n) is 3.73. The Morgan fingerprint density at radius 1 is 0.407 bits per heavy atom. The minimum Gasteiger partial charge on any atom is -0.376 e. The molecule has 163 valence electrons. The van der Waals surface area contributed by atoms with E-state index in [1.54, 1.807) is 0 Å². The van der Waals surface area contributed by atoms with Crippen LogP contribution in [0.25, 0.3) is 0 Å². The van der Waals surface area contributed by atoms with Gasteiger partial charge >= 0.3 is 0 Å². The van der Waals surface area contributed by atoms with E-state index in [-0.39, 0.29) is 0 Å². The molecule has 0 aliphatic rings. The lowest BCUT2D eigenvalue weighted by Crippen LogP contribution is -1.92. The van der Waals surface area contributed by atoms with Gasteiger partial charge in [0.05, 0.1) is 6.61 Å². The van der Waals surface area contributed by atoms with Crippen LogP contribution in [-0.4, -0.2) is 6.61 Å². The monoisotopic (exact) mass is 381 g/mol. The van der Waals surface area contributed by atoms with Gasteiger partial charge in [-0.15, -0.1) is 0 Å². The second-order valence-electron chi connectivity index (χ2n) is 8.54. The summed E-state index contributed by atoms with van der Waals surface area (Å²) in [7, 11) is 0. The number of ether oxygens (including phenoxy) is 1. The maximum Gasteiger partial charge on any atom is 0.0836 e. The molecular formula is C26H53O. The van der Waals surface area contributed by atoms with Crippen LogP contribution in [0.4, 0.5) is 0 Å². The second-order valence-corrected chi connectivity index (χ2v) is 8.54. The van der Waals surface area contributed by atoms with Crippen molar-refractivity contribution < 1.29 is 4.74 Å². The topological polar surface area (TPSA) is 9.23 Å². The number of rotatable bonds is 24. The molecule has 0 aromatic carbocycles. The van der Waals surface area contributed by atoms with Gasteiger partial charge in [-0.1, -0.05) is 142 Å². The SMILES string of the molecule is CCCCCCCCCCCCCCCCC[CH]OCCCCCCCC. The van der Waals surface area contributed by atoms with E-state index in [0.717, 1.165) is 13.0 Å². The van der Waals surface area contributed by atoms with Crippen LogP contribution in [0.3, 0.4) is 0 Å². The van der Waals surface area contributed by atoms with Crippen molar-refractivity contribution in [1.29, 1.82) is 0 Å². The minimum absolute atomic E-state index is 0.935. The Balaban J connectivity index is 2.95. The summed E-state index contributed by atoms with van der Waals surface area (Å²) in [5, 5.41) is 0. The lowest BCUT2D eigenvalue weighted by atomic mass is 10.0. The van der Waals surface area contributed by atoms with E-state index >= 15 is 0 Å². The average molecular weight is 382 g/mol. The Morgan fingerprint density at radius 2 is 0.741 bits per heavy atom. The molecule has 0 aromatic rings. The molecule has 1 radical (unpaired) electrons. The van der Waals surface area contributed by atoms with Crippen LogP contribution in [-0.2, 0) is 4.74 Å². The first kappa shape index (κ1) is 27.0. The van der Waals surface area contributed by atoms with Gasteiger partial charge in [0.2, 0.25) is 0 Å². The lowest BCUT2D eigenvalue weighted by molar-refractivity contribution is 0.183. The van der Waals surface area contributed by atoms with Crippen LogP contribution >= 0.6 is 0 Å². The largest absolute Gasteiger partial charge is 0.376 e. The third kappa shape index (κ3) is 26.0. The van der Waals surface area contributed by atoms with Crippen LogP contribution in [0.15, 0.2) is 0 Å². The summed E-state index contributed by atoms with van der Waals surface area (Å²) in [6.45, 7) is 7.57. The zero-order chi connectivity index (χ0) is 19.7. The predicted octanol–water partition coefficient (Wildman–Crippen LogP) is 9.79. The zero-order valence-electron chi connectivity index (χ0n) is 19.2. The number of hydrogen-bond acceptors (Lipinski definition) is 1. The molecule has 0 aliphatic carbocycles. The molecule has 0 heterocycles. The molecule has 0 aromatic heterocycles. The molecule has 1 heteroatoms. The molecule has 0 bridgehead atoms. The van der Waals surface area contributed by atoms with Crippen LogP contribution < -0.4 is 0 Å². The van der Waals surface area contributed by atoms with E-state index in [1.165, 1.54) is 135 Å². The third-order valence-corrected chi connectivity index (χ3v) is 5.66. The molecule has 0 atom stereocenters. The Hall–Kier alpha value is -0.0400. The highest BCUT2D eigenvalue weighted by atomic mass is 16.5. The van der Waals surface area contributed by atoms with Gasteiger partial charge in [-0.05, 0) is 12.8 Å². The Labute approximate surface area is 173 Å². The molecule has 0 aliphatic heterocycles. The highest BCUT2D eigenvalue weighted by Gasteiger charge is 1.96. The molecule has 27 heavy (non-hydrogen) atoms. The van der Waals surface area contributed by atoms with Gasteiger partial charge in [0.1, 0.15) is 0 Å². The maximum atomic E-state index is 5.63. The quantitative estimate of drug-likeness (QED) is 0.151. The number of unbranched alkanes of at least 4 members (excludes halogenated alkanes) is 20. The van der Waals surface area contributed by atoms with Crippen molar-refractivity contribution in [3.8, 4) is 0 Å². The highest BCUT2D eigenvalue weighted by Crippen LogP contribution is 2.14. The maximum absolute atomic E-state index is 5.63. The predicted molar refractivity (Wildman–Crippen MR) is 123 cm³/mol. The Kier molecular flexibility index (Phi) is 25.9. The Morgan fingerprint density at radius 3 is 1.15 bits per heavy atom. The van der Waals surface area contributed by atoms with Crippen molar-refractivity contribution in [2.45, 2.75) is 155 Å². The summed E-state index contributed by atoms with van der Waals surface area (Å²) < 4.78 is 5.63. The standard InChI is InChI=1S/C26H53O/c1-3-5-7-9-11-12-13-14-15-16-17-18-19-20-22-24-26-27-25-23-21-10-8-6-4-2/h26H,3-25H2,1-2H3.